The maximum atomic E-state index is 4.62. The third-order valence-corrected chi connectivity index (χ3v) is 4.23. The van der Waals surface area contributed by atoms with E-state index in [1.165, 1.54) is 0 Å². The lowest BCUT2D eigenvalue weighted by atomic mass is 9.93. The van der Waals surface area contributed by atoms with E-state index in [9.17, 15) is 0 Å². The van der Waals surface area contributed by atoms with Crippen LogP contribution in [0.15, 0.2) is 17.1 Å². The van der Waals surface area contributed by atoms with Gasteiger partial charge in [0.05, 0.1) is 29.6 Å². The van der Waals surface area contributed by atoms with Gasteiger partial charge in [-0.2, -0.15) is 0 Å². The quantitative estimate of drug-likeness (QED) is 0.806. The number of hydrogen-bond donors (Lipinski definition) is 1. The number of fused-ring (bicyclic) bond motifs is 1. The van der Waals surface area contributed by atoms with Crippen molar-refractivity contribution in [3.63, 3.8) is 0 Å². The normalized spacial score (nSPS) is 12.2. The third-order valence-electron chi connectivity index (χ3n) is 2.72. The van der Waals surface area contributed by atoms with E-state index in [0.717, 1.165) is 21.5 Å². The zero-order valence-electron chi connectivity index (χ0n) is 11.0. The SMILES string of the molecule is CC(C)(C)c1cn2nc(NCc3cscn3)sc2n1. The molecule has 0 fully saturated rings. The Morgan fingerprint density at radius 2 is 2.21 bits per heavy atom. The van der Waals surface area contributed by atoms with Crippen LogP contribution >= 0.6 is 22.7 Å². The summed E-state index contributed by atoms with van der Waals surface area (Å²) in [7, 11) is 0. The second-order valence-corrected chi connectivity index (χ2v) is 7.02. The van der Waals surface area contributed by atoms with Crippen molar-refractivity contribution >= 4 is 32.8 Å². The average Bonchev–Trinajstić information content (AvgIpc) is 3.00. The van der Waals surface area contributed by atoms with Crippen molar-refractivity contribution in [3.8, 4) is 0 Å². The highest BCUT2D eigenvalue weighted by atomic mass is 32.1. The summed E-state index contributed by atoms with van der Waals surface area (Å²) in [4.78, 5) is 9.77. The lowest BCUT2D eigenvalue weighted by Gasteiger charge is -2.13. The summed E-state index contributed by atoms with van der Waals surface area (Å²) >= 11 is 3.16. The number of imidazole rings is 1. The van der Waals surface area contributed by atoms with Gasteiger partial charge in [0.2, 0.25) is 10.1 Å². The lowest BCUT2D eigenvalue weighted by Crippen LogP contribution is -2.11. The van der Waals surface area contributed by atoms with Crippen LogP contribution in [0.25, 0.3) is 4.96 Å². The number of rotatable bonds is 3. The molecule has 3 aromatic heterocycles. The Labute approximate surface area is 119 Å². The second-order valence-electron chi connectivity index (χ2n) is 5.34. The fourth-order valence-corrected chi connectivity index (χ4v) is 2.96. The van der Waals surface area contributed by atoms with Gasteiger partial charge < -0.3 is 5.32 Å². The maximum Gasteiger partial charge on any atom is 0.214 e. The molecule has 3 rings (SSSR count). The highest BCUT2D eigenvalue weighted by Gasteiger charge is 2.19. The zero-order valence-corrected chi connectivity index (χ0v) is 12.7. The predicted octanol–water partition coefficient (Wildman–Crippen LogP) is 3.16. The minimum Gasteiger partial charge on any atom is -0.354 e. The molecule has 100 valence electrons. The van der Waals surface area contributed by atoms with Crippen LogP contribution in [-0.2, 0) is 12.0 Å². The molecule has 1 N–H and O–H groups in total. The van der Waals surface area contributed by atoms with Gasteiger partial charge in [0.15, 0.2) is 0 Å². The third kappa shape index (κ3) is 2.62. The Morgan fingerprint density at radius 1 is 1.37 bits per heavy atom. The second kappa shape index (κ2) is 4.57. The molecule has 0 unspecified atom stereocenters. The summed E-state index contributed by atoms with van der Waals surface area (Å²) in [6.45, 7) is 7.16. The van der Waals surface area contributed by atoms with E-state index < -0.39 is 0 Å². The maximum absolute atomic E-state index is 4.62. The van der Waals surface area contributed by atoms with Crippen molar-refractivity contribution in [1.82, 2.24) is 19.6 Å². The van der Waals surface area contributed by atoms with E-state index in [1.807, 2.05) is 21.6 Å². The molecule has 7 heteroatoms. The first-order valence-corrected chi connectivity index (χ1v) is 7.76. The molecule has 0 bridgehead atoms. The van der Waals surface area contributed by atoms with E-state index in [1.54, 1.807) is 22.7 Å². The summed E-state index contributed by atoms with van der Waals surface area (Å²) in [5.41, 5.74) is 3.99. The summed E-state index contributed by atoms with van der Waals surface area (Å²) in [6, 6.07) is 0. The van der Waals surface area contributed by atoms with Gasteiger partial charge in [-0.3, -0.25) is 0 Å². The molecule has 0 aliphatic carbocycles. The van der Waals surface area contributed by atoms with Crippen LogP contribution in [0, 0.1) is 0 Å². The van der Waals surface area contributed by atoms with E-state index in [0.29, 0.717) is 6.54 Å². The molecule has 5 nitrogen and oxygen atoms in total. The van der Waals surface area contributed by atoms with Crippen LogP contribution in [-0.4, -0.2) is 19.6 Å². The van der Waals surface area contributed by atoms with Gasteiger partial charge >= 0.3 is 0 Å². The molecule has 3 aromatic rings. The van der Waals surface area contributed by atoms with Crippen LogP contribution in [0.1, 0.15) is 32.2 Å². The molecular weight excluding hydrogens is 278 g/mol. The molecule has 0 radical (unpaired) electrons. The minimum atomic E-state index is 0.0572. The highest BCUT2D eigenvalue weighted by Crippen LogP contribution is 2.25. The van der Waals surface area contributed by atoms with Crippen molar-refractivity contribution in [2.45, 2.75) is 32.7 Å². The summed E-state index contributed by atoms with van der Waals surface area (Å²) in [6.07, 6.45) is 2.00. The van der Waals surface area contributed by atoms with E-state index in [4.69, 9.17) is 0 Å². The molecular formula is C12H15N5S2. The Hall–Kier alpha value is -1.47. The monoisotopic (exact) mass is 293 g/mol. The van der Waals surface area contributed by atoms with Gasteiger partial charge in [-0.1, -0.05) is 32.1 Å². The smallest absolute Gasteiger partial charge is 0.214 e. The van der Waals surface area contributed by atoms with Crippen LogP contribution in [0.3, 0.4) is 0 Å². The van der Waals surface area contributed by atoms with Crippen LogP contribution in [0.4, 0.5) is 5.13 Å². The molecule has 0 atom stereocenters. The molecule has 0 saturated heterocycles. The number of nitrogens with zero attached hydrogens (tertiary/aromatic N) is 4. The standard InChI is InChI=1S/C12H15N5S2/c1-12(2,3)9-5-17-11(15-9)19-10(16-17)13-4-8-6-18-7-14-8/h5-7H,4H2,1-3H3,(H,13,16). The number of nitrogens with one attached hydrogen (secondary N) is 1. The topological polar surface area (TPSA) is 55.1 Å². The first-order valence-electron chi connectivity index (χ1n) is 6.00. The molecule has 0 saturated carbocycles. The number of hydrogen-bond acceptors (Lipinski definition) is 6. The predicted molar refractivity (Wildman–Crippen MR) is 79.0 cm³/mol. The number of aromatic nitrogens is 4. The van der Waals surface area contributed by atoms with Gasteiger partial charge in [-0.05, 0) is 0 Å². The Balaban J connectivity index is 1.77. The van der Waals surface area contributed by atoms with Gasteiger partial charge in [-0.15, -0.1) is 16.4 Å². The fraction of sp³-hybridized carbons (Fsp3) is 0.417. The zero-order chi connectivity index (χ0) is 13.5. The fourth-order valence-electron chi connectivity index (χ4n) is 1.62. The first-order chi connectivity index (χ1) is 9.02. The summed E-state index contributed by atoms with van der Waals surface area (Å²) in [5, 5.41) is 10.7. The molecule has 19 heavy (non-hydrogen) atoms. The van der Waals surface area contributed by atoms with Gasteiger partial charge in [0, 0.05) is 10.8 Å². The minimum absolute atomic E-state index is 0.0572. The van der Waals surface area contributed by atoms with E-state index in [-0.39, 0.29) is 5.41 Å². The molecule has 0 aliphatic heterocycles. The molecule has 0 aromatic carbocycles. The molecule has 3 heterocycles. The first kappa shape index (κ1) is 12.6. The van der Waals surface area contributed by atoms with Crippen molar-refractivity contribution in [3.05, 3.63) is 28.5 Å². The van der Waals surface area contributed by atoms with Crippen LogP contribution in [0.2, 0.25) is 0 Å². The van der Waals surface area contributed by atoms with E-state index >= 15 is 0 Å². The lowest BCUT2D eigenvalue weighted by molar-refractivity contribution is 0.572. The molecule has 0 aliphatic rings. The summed E-state index contributed by atoms with van der Waals surface area (Å²) in [5.74, 6) is 0. The van der Waals surface area contributed by atoms with Crippen LogP contribution in [0.5, 0.6) is 0 Å². The van der Waals surface area contributed by atoms with Crippen molar-refractivity contribution < 1.29 is 0 Å². The molecule has 0 spiro atoms. The number of anilines is 1. The Kier molecular flexibility index (Phi) is 3.02. The van der Waals surface area contributed by atoms with Gasteiger partial charge in [-0.25, -0.2) is 14.5 Å². The summed E-state index contributed by atoms with van der Waals surface area (Å²) < 4.78 is 1.84. The van der Waals surface area contributed by atoms with Crippen molar-refractivity contribution in [2.24, 2.45) is 0 Å². The van der Waals surface area contributed by atoms with Gasteiger partial charge in [0.25, 0.3) is 0 Å². The molecule has 0 amide bonds. The Morgan fingerprint density at radius 3 is 2.84 bits per heavy atom. The average molecular weight is 293 g/mol. The van der Waals surface area contributed by atoms with Crippen molar-refractivity contribution in [2.75, 3.05) is 5.32 Å². The number of thiazole rings is 1. The largest absolute Gasteiger partial charge is 0.354 e. The van der Waals surface area contributed by atoms with E-state index in [2.05, 4.69) is 41.2 Å². The highest BCUT2D eigenvalue weighted by molar-refractivity contribution is 7.20. The van der Waals surface area contributed by atoms with Crippen LogP contribution < -0.4 is 5.32 Å². The van der Waals surface area contributed by atoms with Crippen molar-refractivity contribution in [1.29, 1.82) is 0 Å². The Bertz CT molecular complexity index is 643. The van der Waals surface area contributed by atoms with Gasteiger partial charge in [0.1, 0.15) is 0 Å².